The minimum atomic E-state index is 0.0453. The lowest BCUT2D eigenvalue weighted by Crippen LogP contribution is -1.98. The number of anilines is 2. The molecule has 0 bridgehead atoms. The molecule has 0 fully saturated rings. The van der Waals surface area contributed by atoms with Gasteiger partial charge in [-0.2, -0.15) is 0 Å². The summed E-state index contributed by atoms with van der Waals surface area (Å²) < 4.78 is 5.68. The fourth-order valence-electron chi connectivity index (χ4n) is 0.922. The molecule has 0 amide bonds. The molecule has 0 atom stereocenters. The molecule has 14 heavy (non-hydrogen) atoms. The molecule has 0 aliphatic carbocycles. The van der Waals surface area contributed by atoms with Gasteiger partial charge in [0.05, 0.1) is 4.34 Å². The molecule has 0 spiro atoms. The maximum absolute atomic E-state index is 5.90. The zero-order valence-electron chi connectivity index (χ0n) is 7.03. The average Bonchev–Trinajstić information content (AvgIpc) is 2.72. The quantitative estimate of drug-likeness (QED) is 0.843. The SMILES string of the molecule is Nc1nnc(NCc2ccsc2Cl)o1. The third-order valence-electron chi connectivity index (χ3n) is 1.56. The second kappa shape index (κ2) is 3.85. The van der Waals surface area contributed by atoms with E-state index in [1.54, 1.807) is 0 Å². The van der Waals surface area contributed by atoms with Gasteiger partial charge in [0.15, 0.2) is 0 Å². The highest BCUT2D eigenvalue weighted by atomic mass is 35.5. The predicted octanol–water partition coefficient (Wildman–Crippen LogP) is 1.98. The van der Waals surface area contributed by atoms with E-state index in [0.717, 1.165) is 9.90 Å². The van der Waals surface area contributed by atoms with Gasteiger partial charge in [0.1, 0.15) is 0 Å². The first kappa shape index (κ1) is 9.29. The van der Waals surface area contributed by atoms with Crippen LogP contribution in [0.3, 0.4) is 0 Å². The van der Waals surface area contributed by atoms with Crippen LogP contribution in [0.4, 0.5) is 12.0 Å². The number of nitrogens with two attached hydrogens (primary N) is 1. The summed E-state index contributed by atoms with van der Waals surface area (Å²) in [6.45, 7) is 0.546. The van der Waals surface area contributed by atoms with Crippen LogP contribution < -0.4 is 11.1 Å². The molecule has 2 heterocycles. The third-order valence-corrected chi connectivity index (χ3v) is 2.82. The molecule has 0 unspecified atom stereocenters. The van der Waals surface area contributed by atoms with Gasteiger partial charge in [0.25, 0.3) is 0 Å². The Morgan fingerprint density at radius 2 is 2.43 bits per heavy atom. The number of nitrogens with one attached hydrogen (secondary N) is 1. The lowest BCUT2D eigenvalue weighted by atomic mass is 10.3. The highest BCUT2D eigenvalue weighted by Crippen LogP contribution is 2.23. The van der Waals surface area contributed by atoms with Crippen LogP contribution in [0.25, 0.3) is 0 Å². The molecule has 74 valence electrons. The molecule has 2 aromatic rings. The van der Waals surface area contributed by atoms with Crippen LogP contribution in [0.2, 0.25) is 4.34 Å². The Kier molecular flexibility index (Phi) is 2.55. The van der Waals surface area contributed by atoms with Crippen LogP contribution in [0, 0.1) is 0 Å². The van der Waals surface area contributed by atoms with Gasteiger partial charge in [-0.25, -0.2) is 0 Å². The molecule has 5 nitrogen and oxygen atoms in total. The van der Waals surface area contributed by atoms with Crippen molar-refractivity contribution in [3.8, 4) is 0 Å². The Morgan fingerprint density at radius 1 is 1.57 bits per heavy atom. The first-order chi connectivity index (χ1) is 6.75. The Balaban J connectivity index is 1.98. The van der Waals surface area contributed by atoms with Crippen LogP contribution in [0.5, 0.6) is 0 Å². The zero-order chi connectivity index (χ0) is 9.97. The smallest absolute Gasteiger partial charge is 0.317 e. The van der Waals surface area contributed by atoms with Crippen molar-refractivity contribution in [2.45, 2.75) is 6.54 Å². The largest absolute Gasteiger partial charge is 0.390 e. The summed E-state index contributed by atoms with van der Waals surface area (Å²) in [4.78, 5) is 0. The number of aromatic nitrogens is 2. The van der Waals surface area contributed by atoms with E-state index in [0.29, 0.717) is 12.6 Å². The number of nitrogen functional groups attached to an aromatic ring is 1. The topological polar surface area (TPSA) is 77.0 Å². The lowest BCUT2D eigenvalue weighted by Gasteiger charge is -1.98. The summed E-state index contributed by atoms with van der Waals surface area (Å²) in [6.07, 6.45) is 0. The summed E-state index contributed by atoms with van der Waals surface area (Å²) in [6, 6.07) is 2.27. The van der Waals surface area contributed by atoms with Crippen molar-refractivity contribution in [1.29, 1.82) is 0 Å². The number of nitrogens with zero attached hydrogens (tertiary/aromatic N) is 2. The molecular formula is C7H7ClN4OS. The molecule has 3 N–H and O–H groups in total. The molecule has 2 aromatic heterocycles. The summed E-state index contributed by atoms with van der Waals surface area (Å²) in [5, 5.41) is 12.0. The summed E-state index contributed by atoms with van der Waals surface area (Å²) in [7, 11) is 0. The Bertz CT molecular complexity index is 427. The van der Waals surface area contributed by atoms with Crippen LogP contribution >= 0.6 is 22.9 Å². The number of halogens is 1. The zero-order valence-corrected chi connectivity index (χ0v) is 8.60. The Hall–Kier alpha value is -1.27. The van der Waals surface area contributed by atoms with Gasteiger partial charge in [-0.05, 0) is 11.4 Å². The van der Waals surface area contributed by atoms with Crippen molar-refractivity contribution in [1.82, 2.24) is 10.2 Å². The van der Waals surface area contributed by atoms with E-state index < -0.39 is 0 Å². The van der Waals surface area contributed by atoms with Crippen molar-refractivity contribution in [3.05, 3.63) is 21.3 Å². The van der Waals surface area contributed by atoms with Crippen molar-refractivity contribution in [2.75, 3.05) is 11.1 Å². The molecule has 0 radical (unpaired) electrons. The molecule has 0 aromatic carbocycles. The first-order valence-electron chi connectivity index (χ1n) is 3.80. The van der Waals surface area contributed by atoms with Crippen molar-refractivity contribution >= 4 is 35.0 Å². The molecule has 7 heteroatoms. The maximum atomic E-state index is 5.90. The van der Waals surface area contributed by atoms with Crippen LogP contribution in [0.1, 0.15) is 5.56 Å². The molecule has 0 aliphatic heterocycles. The summed E-state index contributed by atoms with van der Waals surface area (Å²) >= 11 is 7.38. The van der Waals surface area contributed by atoms with Gasteiger partial charge >= 0.3 is 12.0 Å². The van der Waals surface area contributed by atoms with Gasteiger partial charge in [0.2, 0.25) is 0 Å². The number of hydrogen-bond acceptors (Lipinski definition) is 6. The van der Waals surface area contributed by atoms with Gasteiger partial charge in [0, 0.05) is 12.1 Å². The van der Waals surface area contributed by atoms with Gasteiger partial charge < -0.3 is 15.5 Å². The van der Waals surface area contributed by atoms with Crippen molar-refractivity contribution in [2.24, 2.45) is 0 Å². The lowest BCUT2D eigenvalue weighted by molar-refractivity contribution is 0.586. The molecule has 2 rings (SSSR count). The van der Waals surface area contributed by atoms with E-state index >= 15 is 0 Å². The Labute approximate surface area is 88.9 Å². The van der Waals surface area contributed by atoms with Crippen LogP contribution in [0.15, 0.2) is 15.9 Å². The molecular weight excluding hydrogens is 224 g/mol. The van der Waals surface area contributed by atoms with Gasteiger partial charge in [-0.15, -0.1) is 11.3 Å². The normalized spacial score (nSPS) is 10.4. The van der Waals surface area contributed by atoms with E-state index in [1.165, 1.54) is 11.3 Å². The fraction of sp³-hybridized carbons (Fsp3) is 0.143. The number of thiophene rings is 1. The third kappa shape index (κ3) is 1.97. The number of rotatable bonds is 3. The van der Waals surface area contributed by atoms with Crippen LogP contribution in [-0.4, -0.2) is 10.2 Å². The average molecular weight is 231 g/mol. The second-order valence-electron chi connectivity index (χ2n) is 2.52. The maximum Gasteiger partial charge on any atom is 0.317 e. The highest BCUT2D eigenvalue weighted by molar-refractivity contribution is 7.14. The molecule has 0 saturated heterocycles. The molecule has 0 aliphatic rings. The minimum absolute atomic E-state index is 0.0453. The van der Waals surface area contributed by atoms with Crippen molar-refractivity contribution in [3.63, 3.8) is 0 Å². The van der Waals surface area contributed by atoms with Gasteiger partial charge in [-0.1, -0.05) is 21.8 Å². The van der Waals surface area contributed by atoms with E-state index in [2.05, 4.69) is 15.5 Å². The second-order valence-corrected chi connectivity index (χ2v) is 4.04. The van der Waals surface area contributed by atoms with E-state index in [4.69, 9.17) is 21.8 Å². The van der Waals surface area contributed by atoms with E-state index in [1.807, 2.05) is 11.4 Å². The van der Waals surface area contributed by atoms with E-state index in [-0.39, 0.29) is 6.01 Å². The highest BCUT2D eigenvalue weighted by Gasteiger charge is 2.04. The van der Waals surface area contributed by atoms with E-state index in [9.17, 15) is 0 Å². The standard InChI is InChI=1S/C7H7ClN4OS/c8-5-4(1-2-14-5)3-10-7-12-11-6(9)13-7/h1-2H,3H2,(H2,9,11)(H,10,12). The van der Waals surface area contributed by atoms with Gasteiger partial charge in [-0.3, -0.25) is 0 Å². The van der Waals surface area contributed by atoms with Crippen molar-refractivity contribution < 1.29 is 4.42 Å². The predicted molar refractivity (Wildman–Crippen MR) is 55.4 cm³/mol. The minimum Gasteiger partial charge on any atom is -0.390 e. The summed E-state index contributed by atoms with van der Waals surface area (Å²) in [5.41, 5.74) is 6.25. The van der Waals surface area contributed by atoms with Crippen LogP contribution in [-0.2, 0) is 6.54 Å². The summed E-state index contributed by atoms with van der Waals surface area (Å²) in [5.74, 6) is 0. The fourth-order valence-corrected chi connectivity index (χ4v) is 1.85. The molecule has 0 saturated carbocycles. The number of hydrogen-bond donors (Lipinski definition) is 2. The monoisotopic (exact) mass is 230 g/mol. The first-order valence-corrected chi connectivity index (χ1v) is 5.06. The Morgan fingerprint density at radius 3 is 3.00 bits per heavy atom.